The summed E-state index contributed by atoms with van der Waals surface area (Å²) in [4.78, 5) is 3.71. The fraction of sp³-hybridized carbons (Fsp3) is 0.154. The van der Waals surface area contributed by atoms with Gasteiger partial charge in [-0.25, -0.2) is 4.98 Å². The molecule has 0 atom stereocenters. The smallest absolute Gasteiger partial charge is 0.215 e. The van der Waals surface area contributed by atoms with Crippen LogP contribution in [0.5, 0.6) is 0 Å². The van der Waals surface area contributed by atoms with E-state index in [-0.39, 0.29) is 0 Å². The van der Waals surface area contributed by atoms with Crippen LogP contribution in [0.2, 0.25) is 0 Å². The molecule has 2 heteroatoms. The minimum Gasteiger partial charge on any atom is -0.227 e. The first kappa shape index (κ1) is 9.84. The Labute approximate surface area is 88.6 Å². The van der Waals surface area contributed by atoms with Crippen molar-refractivity contribution in [2.45, 2.75) is 13.8 Å². The zero-order valence-corrected chi connectivity index (χ0v) is 8.79. The largest absolute Gasteiger partial charge is 0.227 e. The molecule has 0 aliphatic rings. The number of aryl methyl sites for hydroxylation is 2. The molecule has 0 aliphatic heterocycles. The van der Waals surface area contributed by atoms with Crippen molar-refractivity contribution in [3.63, 3.8) is 0 Å². The normalized spacial score (nSPS) is 10.3. The lowest BCUT2D eigenvalue weighted by Gasteiger charge is -2.03. The van der Waals surface area contributed by atoms with Crippen LogP contribution >= 0.6 is 0 Å². The highest BCUT2D eigenvalue weighted by Gasteiger charge is 2.02. The monoisotopic (exact) mass is 201 g/mol. The van der Waals surface area contributed by atoms with Crippen molar-refractivity contribution in [2.75, 3.05) is 0 Å². The molecule has 0 saturated heterocycles. The molecule has 0 fully saturated rings. The average molecular weight is 201 g/mol. The third-order valence-corrected chi connectivity index (χ3v) is 2.40. The summed E-state index contributed by atoms with van der Waals surface area (Å²) in [6.07, 6.45) is 1.56. The fourth-order valence-electron chi connectivity index (χ4n) is 1.46. The average Bonchev–Trinajstić information content (AvgIpc) is 2.23. The van der Waals surface area contributed by atoms with E-state index in [4.69, 9.17) is 0 Å². The van der Waals surface area contributed by atoms with Crippen LogP contribution < -0.4 is 0 Å². The van der Waals surface area contributed by atoms with Crippen LogP contribution in [0.3, 0.4) is 0 Å². The first-order valence-electron chi connectivity index (χ1n) is 4.86. The van der Waals surface area contributed by atoms with Crippen molar-refractivity contribution in [1.29, 1.82) is 0 Å². The predicted molar refractivity (Wildman–Crippen MR) is 59.1 cm³/mol. The Morgan fingerprint density at radius 1 is 1.00 bits per heavy atom. The molecule has 1 heterocycles. The molecular formula is C13H12FN. The van der Waals surface area contributed by atoms with E-state index in [1.165, 1.54) is 5.56 Å². The molecule has 0 aliphatic carbocycles. The number of nitrogens with zero attached hydrogens (tertiary/aromatic N) is 1. The maximum atomic E-state index is 13.0. The summed E-state index contributed by atoms with van der Waals surface area (Å²) in [6, 6.07) is 9.92. The van der Waals surface area contributed by atoms with Gasteiger partial charge in [-0.3, -0.25) is 0 Å². The SMILES string of the molecule is Cc1ccc(-c2cnc(F)c(C)c2)cc1. The number of benzene rings is 1. The van der Waals surface area contributed by atoms with E-state index in [1.807, 2.05) is 37.3 Å². The summed E-state index contributed by atoms with van der Waals surface area (Å²) in [5.41, 5.74) is 3.81. The summed E-state index contributed by atoms with van der Waals surface area (Å²) >= 11 is 0. The van der Waals surface area contributed by atoms with E-state index in [1.54, 1.807) is 13.1 Å². The first-order chi connectivity index (χ1) is 7.16. The topological polar surface area (TPSA) is 12.9 Å². The lowest BCUT2D eigenvalue weighted by atomic mass is 10.1. The van der Waals surface area contributed by atoms with Gasteiger partial charge in [-0.05, 0) is 25.5 Å². The highest BCUT2D eigenvalue weighted by atomic mass is 19.1. The van der Waals surface area contributed by atoms with Crippen LogP contribution in [0.1, 0.15) is 11.1 Å². The van der Waals surface area contributed by atoms with Crippen LogP contribution in [0.4, 0.5) is 4.39 Å². The first-order valence-corrected chi connectivity index (χ1v) is 4.86. The van der Waals surface area contributed by atoms with Crippen LogP contribution in [0.15, 0.2) is 36.5 Å². The molecule has 1 aromatic carbocycles. The van der Waals surface area contributed by atoms with Crippen LogP contribution in [0, 0.1) is 19.8 Å². The van der Waals surface area contributed by atoms with Gasteiger partial charge in [-0.1, -0.05) is 29.8 Å². The second-order valence-electron chi connectivity index (χ2n) is 3.70. The van der Waals surface area contributed by atoms with Gasteiger partial charge in [-0.15, -0.1) is 0 Å². The maximum Gasteiger partial charge on any atom is 0.215 e. The molecule has 1 nitrogen and oxygen atoms in total. The van der Waals surface area contributed by atoms with Crippen LogP contribution in [-0.4, -0.2) is 4.98 Å². The number of hydrogen-bond donors (Lipinski definition) is 0. The minimum absolute atomic E-state index is 0.397. The van der Waals surface area contributed by atoms with Crippen molar-refractivity contribution in [2.24, 2.45) is 0 Å². The number of hydrogen-bond acceptors (Lipinski definition) is 1. The quantitative estimate of drug-likeness (QED) is 0.643. The van der Waals surface area contributed by atoms with E-state index in [9.17, 15) is 4.39 Å². The Morgan fingerprint density at radius 2 is 1.67 bits per heavy atom. The van der Waals surface area contributed by atoms with E-state index in [0.717, 1.165) is 11.1 Å². The van der Waals surface area contributed by atoms with E-state index in [0.29, 0.717) is 5.56 Å². The molecule has 15 heavy (non-hydrogen) atoms. The van der Waals surface area contributed by atoms with Gasteiger partial charge in [0.05, 0.1) is 0 Å². The van der Waals surface area contributed by atoms with Gasteiger partial charge in [-0.2, -0.15) is 4.39 Å². The van der Waals surface area contributed by atoms with Gasteiger partial charge in [0.2, 0.25) is 5.95 Å². The zero-order chi connectivity index (χ0) is 10.8. The van der Waals surface area contributed by atoms with Gasteiger partial charge in [0, 0.05) is 17.3 Å². The summed E-state index contributed by atoms with van der Waals surface area (Å²) < 4.78 is 13.0. The van der Waals surface area contributed by atoms with Gasteiger partial charge in [0.1, 0.15) is 0 Å². The number of halogens is 1. The standard InChI is InChI=1S/C13H12FN/c1-9-3-5-11(6-4-9)12-7-10(2)13(14)15-8-12/h3-8H,1-2H3. The molecule has 0 unspecified atom stereocenters. The second kappa shape index (κ2) is 3.81. The highest BCUT2D eigenvalue weighted by molar-refractivity contribution is 5.63. The lowest BCUT2D eigenvalue weighted by molar-refractivity contribution is 0.575. The molecule has 0 amide bonds. The van der Waals surface area contributed by atoms with Crippen LogP contribution in [0.25, 0.3) is 11.1 Å². The van der Waals surface area contributed by atoms with Crippen LogP contribution in [-0.2, 0) is 0 Å². The van der Waals surface area contributed by atoms with Gasteiger partial charge in [0.25, 0.3) is 0 Å². The Hall–Kier alpha value is -1.70. The number of aromatic nitrogens is 1. The van der Waals surface area contributed by atoms with Gasteiger partial charge >= 0.3 is 0 Å². The minimum atomic E-state index is -0.397. The molecular weight excluding hydrogens is 189 g/mol. The van der Waals surface area contributed by atoms with E-state index >= 15 is 0 Å². The zero-order valence-electron chi connectivity index (χ0n) is 8.79. The highest BCUT2D eigenvalue weighted by Crippen LogP contribution is 2.20. The van der Waals surface area contributed by atoms with Crippen molar-refractivity contribution in [1.82, 2.24) is 4.98 Å². The Balaban J connectivity index is 2.45. The second-order valence-corrected chi connectivity index (χ2v) is 3.70. The van der Waals surface area contributed by atoms with E-state index < -0.39 is 5.95 Å². The van der Waals surface area contributed by atoms with Crippen molar-refractivity contribution in [3.8, 4) is 11.1 Å². The summed E-state index contributed by atoms with van der Waals surface area (Å²) in [6.45, 7) is 3.76. The summed E-state index contributed by atoms with van der Waals surface area (Å²) in [5, 5.41) is 0. The molecule has 0 N–H and O–H groups in total. The third kappa shape index (κ3) is 2.04. The third-order valence-electron chi connectivity index (χ3n) is 2.40. The summed E-state index contributed by atoms with van der Waals surface area (Å²) in [7, 11) is 0. The number of rotatable bonds is 1. The van der Waals surface area contributed by atoms with Crippen molar-refractivity contribution in [3.05, 3.63) is 53.6 Å². The molecule has 0 radical (unpaired) electrons. The van der Waals surface area contributed by atoms with Crippen molar-refractivity contribution < 1.29 is 4.39 Å². The lowest BCUT2D eigenvalue weighted by Crippen LogP contribution is -1.89. The Kier molecular flexibility index (Phi) is 2.50. The van der Waals surface area contributed by atoms with Gasteiger partial charge in [0.15, 0.2) is 0 Å². The Morgan fingerprint density at radius 3 is 2.27 bits per heavy atom. The molecule has 2 rings (SSSR count). The maximum absolute atomic E-state index is 13.0. The molecule has 76 valence electrons. The number of pyridine rings is 1. The molecule has 0 bridgehead atoms. The molecule has 2 aromatic rings. The fourth-order valence-corrected chi connectivity index (χ4v) is 1.46. The Bertz CT molecular complexity index is 474. The molecule has 0 saturated carbocycles. The summed E-state index contributed by atoms with van der Waals surface area (Å²) in [5.74, 6) is -0.397. The van der Waals surface area contributed by atoms with Crippen molar-refractivity contribution >= 4 is 0 Å². The molecule has 1 aromatic heterocycles. The predicted octanol–water partition coefficient (Wildman–Crippen LogP) is 3.50. The van der Waals surface area contributed by atoms with Gasteiger partial charge < -0.3 is 0 Å². The van der Waals surface area contributed by atoms with E-state index in [2.05, 4.69) is 4.98 Å². The molecule has 0 spiro atoms.